The SMILES string of the molecule is C=C(C)C(=O)OCOC(=O)c1ccc(C(=O)Oc2ccc(-c3ccc(OC(=O)c4ccc(C(=O)OCOC(=O)C(=C)C)cc4)cc3)cc2)cc1. The van der Waals surface area contributed by atoms with Crippen molar-refractivity contribution in [3.8, 4) is 22.6 Å². The maximum atomic E-state index is 12.6. The van der Waals surface area contributed by atoms with Gasteiger partial charge in [0, 0.05) is 11.1 Å². The number of hydrogen-bond acceptors (Lipinski definition) is 12. The van der Waals surface area contributed by atoms with E-state index in [0.29, 0.717) is 0 Å². The number of esters is 6. The average Bonchev–Trinajstić information content (AvgIpc) is 3.12. The Morgan fingerprint density at radius 3 is 0.980 bits per heavy atom. The largest absolute Gasteiger partial charge is 0.425 e. The van der Waals surface area contributed by atoms with Crippen LogP contribution in [0.3, 0.4) is 0 Å². The van der Waals surface area contributed by atoms with E-state index in [9.17, 15) is 28.8 Å². The zero-order valence-electron chi connectivity index (χ0n) is 27.0. The molecule has 0 spiro atoms. The van der Waals surface area contributed by atoms with Gasteiger partial charge in [-0.25, -0.2) is 28.8 Å². The molecule has 0 aromatic heterocycles. The van der Waals surface area contributed by atoms with E-state index < -0.39 is 49.4 Å². The van der Waals surface area contributed by atoms with Crippen LogP contribution in [0.2, 0.25) is 0 Å². The van der Waals surface area contributed by atoms with Gasteiger partial charge < -0.3 is 28.4 Å². The molecular formula is C38H30O12. The van der Waals surface area contributed by atoms with Crippen molar-refractivity contribution in [1.29, 1.82) is 0 Å². The molecule has 12 nitrogen and oxygen atoms in total. The lowest BCUT2D eigenvalue weighted by molar-refractivity contribution is -0.148. The molecule has 0 aliphatic heterocycles. The van der Waals surface area contributed by atoms with E-state index in [1.165, 1.54) is 62.4 Å². The smallest absolute Gasteiger partial charge is 0.343 e. The van der Waals surface area contributed by atoms with Crippen molar-refractivity contribution in [1.82, 2.24) is 0 Å². The fraction of sp³-hybridized carbons (Fsp3) is 0.105. The van der Waals surface area contributed by atoms with Crippen LogP contribution < -0.4 is 9.47 Å². The molecule has 0 atom stereocenters. The number of hydrogen-bond donors (Lipinski definition) is 0. The predicted molar refractivity (Wildman–Crippen MR) is 177 cm³/mol. The van der Waals surface area contributed by atoms with Gasteiger partial charge in [0.05, 0.1) is 22.3 Å². The van der Waals surface area contributed by atoms with E-state index in [-0.39, 0.29) is 44.9 Å². The normalized spacial score (nSPS) is 10.2. The molecule has 0 radical (unpaired) electrons. The second-order valence-corrected chi connectivity index (χ2v) is 10.5. The van der Waals surface area contributed by atoms with Crippen LogP contribution in [0.4, 0.5) is 0 Å². The van der Waals surface area contributed by atoms with E-state index in [2.05, 4.69) is 13.2 Å². The van der Waals surface area contributed by atoms with Crippen LogP contribution in [-0.2, 0) is 28.5 Å². The zero-order valence-corrected chi connectivity index (χ0v) is 27.0. The van der Waals surface area contributed by atoms with E-state index in [1.807, 2.05) is 0 Å². The second-order valence-electron chi connectivity index (χ2n) is 10.5. The fourth-order valence-corrected chi connectivity index (χ4v) is 3.93. The minimum Gasteiger partial charge on any atom is -0.425 e. The number of ether oxygens (including phenoxy) is 6. The summed E-state index contributed by atoms with van der Waals surface area (Å²) in [5.41, 5.74) is 2.63. The Morgan fingerprint density at radius 2 is 0.700 bits per heavy atom. The van der Waals surface area contributed by atoms with Gasteiger partial charge in [0.1, 0.15) is 11.5 Å². The molecule has 0 saturated carbocycles. The molecule has 0 bridgehead atoms. The third kappa shape index (κ3) is 10.1. The van der Waals surface area contributed by atoms with E-state index >= 15 is 0 Å². The van der Waals surface area contributed by atoms with Gasteiger partial charge >= 0.3 is 35.8 Å². The molecule has 254 valence electrons. The highest BCUT2D eigenvalue weighted by molar-refractivity contribution is 5.95. The summed E-state index contributed by atoms with van der Waals surface area (Å²) in [5, 5.41) is 0. The molecule has 0 amide bonds. The summed E-state index contributed by atoms with van der Waals surface area (Å²) in [4.78, 5) is 72.2. The average molecular weight is 679 g/mol. The summed E-state index contributed by atoms with van der Waals surface area (Å²) in [6, 6.07) is 24.6. The van der Waals surface area contributed by atoms with Gasteiger partial charge in [0.25, 0.3) is 0 Å². The summed E-state index contributed by atoms with van der Waals surface area (Å²) in [7, 11) is 0. The molecule has 4 aromatic carbocycles. The third-order valence-electron chi connectivity index (χ3n) is 6.63. The zero-order chi connectivity index (χ0) is 36.2. The lowest BCUT2D eigenvalue weighted by atomic mass is 10.1. The highest BCUT2D eigenvalue weighted by Gasteiger charge is 2.15. The molecule has 0 heterocycles. The maximum Gasteiger partial charge on any atom is 0.343 e. The van der Waals surface area contributed by atoms with Crippen molar-refractivity contribution < 1.29 is 57.2 Å². The number of benzene rings is 4. The fourth-order valence-electron chi connectivity index (χ4n) is 3.93. The molecule has 4 aromatic rings. The van der Waals surface area contributed by atoms with Crippen molar-refractivity contribution in [2.75, 3.05) is 13.6 Å². The van der Waals surface area contributed by atoms with Gasteiger partial charge in [-0.15, -0.1) is 0 Å². The molecule has 0 fully saturated rings. The molecule has 12 heteroatoms. The van der Waals surface area contributed by atoms with Gasteiger partial charge in [-0.2, -0.15) is 0 Å². The van der Waals surface area contributed by atoms with Crippen molar-refractivity contribution in [3.05, 3.63) is 144 Å². The number of rotatable bonds is 13. The van der Waals surface area contributed by atoms with E-state index in [0.717, 1.165) is 11.1 Å². The van der Waals surface area contributed by atoms with Crippen LogP contribution in [0.15, 0.2) is 121 Å². The molecule has 0 N–H and O–H groups in total. The Balaban J connectivity index is 1.26. The van der Waals surface area contributed by atoms with Crippen LogP contribution in [0.5, 0.6) is 11.5 Å². The topological polar surface area (TPSA) is 158 Å². The van der Waals surface area contributed by atoms with Crippen molar-refractivity contribution in [3.63, 3.8) is 0 Å². The number of carbonyl (C=O) groups excluding carboxylic acids is 6. The Hall–Kier alpha value is -6.82. The summed E-state index contributed by atoms with van der Waals surface area (Å²) >= 11 is 0. The van der Waals surface area contributed by atoms with E-state index in [4.69, 9.17) is 28.4 Å². The van der Waals surface area contributed by atoms with E-state index in [1.54, 1.807) is 48.5 Å². The molecule has 0 aliphatic carbocycles. The Kier molecular flexibility index (Phi) is 12.1. The summed E-state index contributed by atoms with van der Waals surface area (Å²) in [5.74, 6) is -3.56. The molecule has 4 rings (SSSR count). The lowest BCUT2D eigenvalue weighted by Crippen LogP contribution is -2.13. The maximum absolute atomic E-state index is 12.6. The molecule has 0 saturated heterocycles. The lowest BCUT2D eigenvalue weighted by Gasteiger charge is -2.09. The highest BCUT2D eigenvalue weighted by Crippen LogP contribution is 2.26. The van der Waals surface area contributed by atoms with Crippen LogP contribution in [0.25, 0.3) is 11.1 Å². The van der Waals surface area contributed by atoms with Gasteiger partial charge in [-0.05, 0) is 97.8 Å². The summed E-state index contributed by atoms with van der Waals surface area (Å²) in [6.45, 7) is 8.65. The standard InChI is InChI=1S/C38H30O12/c1-23(2)33(39)45-21-47-35(41)27-5-9-29(10-6-27)37(43)49-31-17-13-25(14-18-31)26-15-19-32(20-16-26)50-38(44)30-11-7-28(8-12-30)36(42)48-22-46-34(40)24(3)4/h5-20H,1,3,21-22H2,2,4H3. The first-order chi connectivity index (χ1) is 23.9. The summed E-state index contributed by atoms with van der Waals surface area (Å²) < 4.78 is 30.1. The monoisotopic (exact) mass is 678 g/mol. The molecule has 50 heavy (non-hydrogen) atoms. The van der Waals surface area contributed by atoms with Crippen LogP contribution in [-0.4, -0.2) is 49.4 Å². The highest BCUT2D eigenvalue weighted by atomic mass is 16.7. The third-order valence-corrected chi connectivity index (χ3v) is 6.63. The molecule has 0 aliphatic rings. The van der Waals surface area contributed by atoms with Crippen molar-refractivity contribution in [2.24, 2.45) is 0 Å². The minimum absolute atomic E-state index is 0.147. The summed E-state index contributed by atoms with van der Waals surface area (Å²) in [6.07, 6.45) is 0. The Bertz CT molecular complexity index is 1780. The van der Waals surface area contributed by atoms with Crippen molar-refractivity contribution >= 4 is 35.8 Å². The van der Waals surface area contributed by atoms with Gasteiger partial charge in [0.2, 0.25) is 13.6 Å². The number of carbonyl (C=O) groups is 6. The van der Waals surface area contributed by atoms with Gasteiger partial charge in [-0.1, -0.05) is 37.4 Å². The predicted octanol–water partition coefficient (Wildman–Crippen LogP) is 6.26. The first kappa shape index (κ1) is 36.0. The van der Waals surface area contributed by atoms with Crippen LogP contribution in [0.1, 0.15) is 55.3 Å². The van der Waals surface area contributed by atoms with Gasteiger partial charge in [0.15, 0.2) is 0 Å². The Labute approximate surface area is 286 Å². The van der Waals surface area contributed by atoms with Crippen LogP contribution >= 0.6 is 0 Å². The second kappa shape index (κ2) is 16.8. The molecular weight excluding hydrogens is 648 g/mol. The molecule has 0 unspecified atom stereocenters. The first-order valence-corrected chi connectivity index (χ1v) is 14.8. The first-order valence-electron chi connectivity index (χ1n) is 14.8. The quantitative estimate of drug-likeness (QED) is 0.0678. The van der Waals surface area contributed by atoms with Gasteiger partial charge in [-0.3, -0.25) is 0 Å². The van der Waals surface area contributed by atoms with Crippen molar-refractivity contribution in [2.45, 2.75) is 13.8 Å². The Morgan fingerprint density at radius 1 is 0.420 bits per heavy atom. The van der Waals surface area contributed by atoms with Crippen LogP contribution in [0, 0.1) is 0 Å². The minimum atomic E-state index is -0.740.